The van der Waals surface area contributed by atoms with Crippen molar-refractivity contribution < 1.29 is 27.1 Å². The van der Waals surface area contributed by atoms with Gasteiger partial charge in [0.15, 0.2) is 4.90 Å². The Morgan fingerprint density at radius 2 is 1.96 bits per heavy atom. The van der Waals surface area contributed by atoms with Crippen LogP contribution in [0.4, 0.5) is 8.78 Å². The molecule has 1 N–H and O–H groups in total. The number of carbonyl (C=O) groups is 1. The number of nitriles is 1. The molecule has 1 aliphatic heterocycles. The smallest absolute Gasteiger partial charge is 0.317 e. The first kappa shape index (κ1) is 20.2. The lowest BCUT2D eigenvalue weighted by molar-refractivity contribution is -0.138. The molecule has 0 amide bonds. The molecular weight excluding hydrogens is 368 g/mol. The molecule has 0 saturated carbocycles. The zero-order chi connectivity index (χ0) is 19.5. The minimum Gasteiger partial charge on any atom is -0.480 e. The summed E-state index contributed by atoms with van der Waals surface area (Å²) in [7, 11) is -2.76. The Balaban J connectivity index is 2.23. The van der Waals surface area contributed by atoms with Gasteiger partial charge < -0.3 is 5.11 Å². The molecule has 7 nitrogen and oxygen atoms in total. The molecule has 1 aliphatic rings. The predicted molar refractivity (Wildman–Crippen MR) is 87.7 cm³/mol. The van der Waals surface area contributed by atoms with Crippen LogP contribution in [0.2, 0.25) is 0 Å². The molecule has 0 aliphatic carbocycles. The number of hydrogen-bond acceptors (Lipinski definition) is 5. The number of benzene rings is 1. The SMILES string of the molecule is CN(CC(=O)O)C1CCCN(S(=O)(=O)c2c(F)cc(C#N)cc2F)CC1. The van der Waals surface area contributed by atoms with Crippen LogP contribution in [0.25, 0.3) is 0 Å². The molecule has 0 spiro atoms. The number of aliphatic carboxylic acids is 1. The lowest BCUT2D eigenvalue weighted by Gasteiger charge is -2.25. The predicted octanol–water partition coefficient (Wildman–Crippen LogP) is 1.40. The average molecular weight is 387 g/mol. The standard InChI is InChI=1S/C16H19F2N3O4S/c1-20(10-15(22)23)12-3-2-5-21(6-4-12)26(24,25)16-13(17)7-11(9-19)8-14(16)18/h7-8,12H,2-6,10H2,1H3,(H,22,23). The number of likely N-dealkylation sites (N-methyl/N-ethyl adjacent to an activating group) is 1. The molecule has 1 aromatic carbocycles. The van der Waals surface area contributed by atoms with E-state index in [1.807, 2.05) is 0 Å². The second-order valence-corrected chi connectivity index (χ2v) is 8.05. The van der Waals surface area contributed by atoms with E-state index in [4.69, 9.17) is 10.4 Å². The fourth-order valence-corrected chi connectivity index (χ4v) is 4.66. The molecule has 1 fully saturated rings. The third-order valence-electron chi connectivity index (χ3n) is 4.39. The van der Waals surface area contributed by atoms with Crippen molar-refractivity contribution in [3.05, 3.63) is 29.3 Å². The van der Waals surface area contributed by atoms with Gasteiger partial charge in [-0.1, -0.05) is 0 Å². The van der Waals surface area contributed by atoms with Gasteiger partial charge in [-0.3, -0.25) is 9.69 Å². The molecule has 1 saturated heterocycles. The van der Waals surface area contributed by atoms with Gasteiger partial charge in [0.25, 0.3) is 0 Å². The summed E-state index contributed by atoms with van der Waals surface area (Å²) < 4.78 is 54.6. The van der Waals surface area contributed by atoms with Crippen LogP contribution < -0.4 is 0 Å². The number of hydrogen-bond donors (Lipinski definition) is 1. The molecule has 26 heavy (non-hydrogen) atoms. The largest absolute Gasteiger partial charge is 0.480 e. The van der Waals surface area contributed by atoms with E-state index in [0.29, 0.717) is 31.4 Å². The van der Waals surface area contributed by atoms with Gasteiger partial charge in [0.05, 0.1) is 18.2 Å². The molecule has 2 rings (SSSR count). The summed E-state index contributed by atoms with van der Waals surface area (Å²) in [5.41, 5.74) is -0.301. The first-order chi connectivity index (χ1) is 12.2. The van der Waals surface area contributed by atoms with Gasteiger partial charge in [-0.25, -0.2) is 17.2 Å². The molecule has 1 unspecified atom stereocenters. The topological polar surface area (TPSA) is 102 Å². The number of sulfonamides is 1. The van der Waals surface area contributed by atoms with Crippen molar-refractivity contribution in [3.63, 3.8) is 0 Å². The minimum atomic E-state index is -4.40. The third kappa shape index (κ3) is 4.35. The number of rotatable bonds is 5. The van der Waals surface area contributed by atoms with E-state index in [9.17, 15) is 22.0 Å². The number of nitrogens with zero attached hydrogens (tertiary/aromatic N) is 3. The van der Waals surface area contributed by atoms with Crippen molar-refractivity contribution in [2.45, 2.75) is 30.2 Å². The fraction of sp³-hybridized carbons (Fsp3) is 0.500. The summed E-state index contributed by atoms with van der Waals surface area (Å²) in [6.07, 6.45) is 1.37. The molecule has 142 valence electrons. The second-order valence-electron chi connectivity index (χ2n) is 6.18. The molecule has 1 atom stereocenters. The van der Waals surface area contributed by atoms with E-state index in [2.05, 4.69) is 0 Å². The summed E-state index contributed by atoms with van der Waals surface area (Å²) in [5.74, 6) is -3.58. The van der Waals surface area contributed by atoms with Crippen LogP contribution in [0.15, 0.2) is 17.0 Å². The molecular formula is C16H19F2N3O4S. The van der Waals surface area contributed by atoms with Crippen molar-refractivity contribution in [1.82, 2.24) is 9.21 Å². The summed E-state index contributed by atoms with van der Waals surface area (Å²) in [6.45, 7) is -0.0647. The van der Waals surface area contributed by atoms with Crippen molar-refractivity contribution in [1.29, 1.82) is 5.26 Å². The molecule has 0 radical (unpaired) electrons. The Morgan fingerprint density at radius 1 is 1.35 bits per heavy atom. The highest BCUT2D eigenvalue weighted by atomic mass is 32.2. The minimum absolute atomic E-state index is 0.0237. The van der Waals surface area contributed by atoms with Crippen molar-refractivity contribution in [3.8, 4) is 6.07 Å². The van der Waals surface area contributed by atoms with Crippen LogP contribution in [0.5, 0.6) is 0 Å². The molecule has 10 heteroatoms. The van der Waals surface area contributed by atoms with Gasteiger partial charge in [0.1, 0.15) is 11.6 Å². The Kier molecular flexibility index (Phi) is 6.28. The van der Waals surface area contributed by atoms with Crippen molar-refractivity contribution >= 4 is 16.0 Å². The third-order valence-corrected chi connectivity index (χ3v) is 6.34. The summed E-state index contributed by atoms with van der Waals surface area (Å²) in [4.78, 5) is 11.4. The lowest BCUT2D eigenvalue weighted by atomic mass is 10.1. The molecule has 1 aromatic rings. The highest BCUT2D eigenvalue weighted by Crippen LogP contribution is 2.27. The number of carboxylic acids is 1. The van der Waals surface area contributed by atoms with Gasteiger partial charge in [-0.2, -0.15) is 9.57 Å². The van der Waals surface area contributed by atoms with Gasteiger partial charge in [0, 0.05) is 19.1 Å². The maximum Gasteiger partial charge on any atom is 0.317 e. The van der Waals surface area contributed by atoms with Gasteiger partial charge in [0.2, 0.25) is 10.0 Å². The van der Waals surface area contributed by atoms with Crippen LogP contribution in [-0.4, -0.2) is 61.4 Å². The summed E-state index contributed by atoms with van der Waals surface area (Å²) in [5, 5.41) is 17.6. The van der Waals surface area contributed by atoms with Crippen LogP contribution in [0.3, 0.4) is 0 Å². The Hall–Kier alpha value is -2.09. The van der Waals surface area contributed by atoms with Gasteiger partial charge in [-0.05, 0) is 38.4 Å². The number of carboxylic acid groups (broad SMARTS) is 1. The van der Waals surface area contributed by atoms with E-state index in [1.165, 1.54) is 0 Å². The van der Waals surface area contributed by atoms with E-state index in [1.54, 1.807) is 18.0 Å². The molecule has 1 heterocycles. The van der Waals surface area contributed by atoms with E-state index in [0.717, 1.165) is 4.31 Å². The Morgan fingerprint density at radius 3 is 2.50 bits per heavy atom. The lowest BCUT2D eigenvalue weighted by Crippen LogP contribution is -2.37. The summed E-state index contributed by atoms with van der Waals surface area (Å²) >= 11 is 0. The molecule has 0 bridgehead atoms. The zero-order valence-electron chi connectivity index (χ0n) is 14.2. The van der Waals surface area contributed by atoms with Crippen LogP contribution in [0, 0.1) is 23.0 Å². The van der Waals surface area contributed by atoms with Gasteiger partial charge >= 0.3 is 5.97 Å². The van der Waals surface area contributed by atoms with Crippen molar-refractivity contribution in [2.24, 2.45) is 0 Å². The normalized spacial score (nSPS) is 19.1. The Bertz CT molecular complexity index is 815. The number of halogens is 2. The first-order valence-electron chi connectivity index (χ1n) is 7.98. The molecule has 0 aromatic heterocycles. The van der Waals surface area contributed by atoms with E-state index >= 15 is 0 Å². The fourth-order valence-electron chi connectivity index (χ4n) is 3.08. The Labute approximate surface area is 150 Å². The monoisotopic (exact) mass is 387 g/mol. The van der Waals surface area contributed by atoms with Crippen LogP contribution in [-0.2, 0) is 14.8 Å². The van der Waals surface area contributed by atoms with Crippen LogP contribution >= 0.6 is 0 Å². The highest BCUT2D eigenvalue weighted by molar-refractivity contribution is 7.89. The van der Waals surface area contributed by atoms with E-state index in [-0.39, 0.29) is 31.2 Å². The van der Waals surface area contributed by atoms with Crippen molar-refractivity contribution in [2.75, 3.05) is 26.7 Å². The quantitative estimate of drug-likeness (QED) is 0.819. The average Bonchev–Trinajstić information content (AvgIpc) is 2.79. The first-order valence-corrected chi connectivity index (χ1v) is 9.42. The van der Waals surface area contributed by atoms with Gasteiger partial charge in [-0.15, -0.1) is 0 Å². The van der Waals surface area contributed by atoms with E-state index < -0.39 is 32.5 Å². The maximum absolute atomic E-state index is 14.1. The summed E-state index contributed by atoms with van der Waals surface area (Å²) in [6, 6.07) is 2.82. The second kappa shape index (κ2) is 8.07. The zero-order valence-corrected chi connectivity index (χ0v) is 15.0. The highest BCUT2D eigenvalue weighted by Gasteiger charge is 2.33. The maximum atomic E-state index is 14.1. The van der Waals surface area contributed by atoms with Crippen LogP contribution in [0.1, 0.15) is 24.8 Å².